The minimum atomic E-state index is -2.70. The molecule has 0 aromatic heterocycles. The van der Waals surface area contributed by atoms with Gasteiger partial charge in [0.2, 0.25) is 0 Å². The highest BCUT2D eigenvalue weighted by Crippen LogP contribution is 2.40. The molecular formula is C20H28O4Si2. The third kappa shape index (κ3) is 4.06. The van der Waals surface area contributed by atoms with Gasteiger partial charge in [-0.2, -0.15) is 0 Å². The first-order chi connectivity index (χ1) is 12.5. The fraction of sp³-hybridized carbons (Fsp3) is 0.300. The number of hydrogen-bond acceptors (Lipinski definition) is 4. The van der Waals surface area contributed by atoms with Gasteiger partial charge in [0.15, 0.2) is 0 Å². The van der Waals surface area contributed by atoms with Gasteiger partial charge >= 0.3 is 17.1 Å². The Morgan fingerprint density at radius 2 is 0.808 bits per heavy atom. The lowest BCUT2D eigenvalue weighted by Gasteiger charge is -2.34. The molecule has 0 fully saturated rings. The van der Waals surface area contributed by atoms with E-state index in [-0.39, 0.29) is 0 Å². The van der Waals surface area contributed by atoms with Gasteiger partial charge in [-0.05, 0) is 24.2 Å². The van der Waals surface area contributed by atoms with Crippen LogP contribution in [0, 0.1) is 0 Å². The molecule has 6 heteroatoms. The third-order valence-corrected chi connectivity index (χ3v) is 11.1. The number of hydrogen-bond donors (Lipinski definition) is 0. The topological polar surface area (TPSA) is 36.9 Å². The molecule has 0 spiro atoms. The molecule has 0 aliphatic heterocycles. The molecule has 0 saturated carbocycles. The second-order valence-corrected chi connectivity index (χ2v) is 12.6. The van der Waals surface area contributed by atoms with E-state index in [9.17, 15) is 0 Å². The first-order valence-corrected chi connectivity index (χ1v) is 13.2. The van der Waals surface area contributed by atoms with Gasteiger partial charge in [0, 0.05) is 38.8 Å². The molecule has 0 aliphatic carbocycles. The van der Waals surface area contributed by atoms with E-state index in [0.29, 0.717) is 0 Å². The highest BCUT2D eigenvalue weighted by atomic mass is 28.4. The Bertz CT molecular complexity index is 660. The molecule has 2 aromatic carbocycles. The molecule has 0 aliphatic rings. The molecule has 0 unspecified atom stereocenters. The van der Waals surface area contributed by atoms with Gasteiger partial charge in [-0.15, -0.1) is 0 Å². The zero-order chi connectivity index (χ0) is 19.2. The highest BCUT2D eigenvalue weighted by molar-refractivity contribution is 6.97. The predicted octanol–water partition coefficient (Wildman–Crippen LogP) is 4.41. The highest BCUT2D eigenvalue weighted by Gasteiger charge is 2.45. The number of rotatable bonds is 8. The quantitative estimate of drug-likeness (QED) is 0.496. The molecule has 140 valence electrons. The largest absolute Gasteiger partial charge is 0.394 e. The Morgan fingerprint density at radius 3 is 1.04 bits per heavy atom. The molecule has 0 bridgehead atoms. The maximum absolute atomic E-state index is 5.96. The summed E-state index contributed by atoms with van der Waals surface area (Å²) in [6.45, 7) is 4.11. The smallest absolute Gasteiger partial charge is 0.369 e. The Hall–Kier alpha value is -1.55. The van der Waals surface area contributed by atoms with Crippen LogP contribution < -0.4 is 0 Å². The third-order valence-electron chi connectivity index (χ3n) is 4.84. The summed E-state index contributed by atoms with van der Waals surface area (Å²) in [6.07, 6.45) is 0. The average Bonchev–Trinajstić information content (AvgIpc) is 2.72. The summed E-state index contributed by atoms with van der Waals surface area (Å²) in [5.41, 5.74) is 2.13. The molecule has 0 amide bonds. The lowest BCUT2D eigenvalue weighted by atomic mass is 10.1. The van der Waals surface area contributed by atoms with E-state index in [2.05, 4.69) is 37.4 Å². The van der Waals surface area contributed by atoms with E-state index < -0.39 is 17.1 Å². The van der Waals surface area contributed by atoms with Crippen molar-refractivity contribution in [3.05, 3.63) is 71.8 Å². The minimum Gasteiger partial charge on any atom is -0.394 e. The van der Waals surface area contributed by atoms with Gasteiger partial charge in [0.05, 0.1) is 0 Å². The van der Waals surface area contributed by atoms with Gasteiger partial charge < -0.3 is 17.7 Å². The van der Waals surface area contributed by atoms with Crippen LogP contribution in [-0.2, 0) is 17.7 Å². The van der Waals surface area contributed by atoms with Crippen LogP contribution in [-0.4, -0.2) is 45.6 Å². The van der Waals surface area contributed by atoms with Crippen molar-refractivity contribution in [1.82, 2.24) is 0 Å². The van der Waals surface area contributed by atoms with Gasteiger partial charge in [0.25, 0.3) is 0 Å². The van der Waals surface area contributed by atoms with Crippen LogP contribution in [0.25, 0.3) is 10.4 Å². The maximum Gasteiger partial charge on any atom is 0.369 e. The van der Waals surface area contributed by atoms with Crippen molar-refractivity contribution in [2.45, 2.75) is 13.1 Å². The van der Waals surface area contributed by atoms with E-state index in [1.165, 1.54) is 0 Å². The first-order valence-electron chi connectivity index (χ1n) is 8.52. The second kappa shape index (κ2) is 8.90. The lowest BCUT2D eigenvalue weighted by molar-refractivity contribution is 0.262. The second-order valence-electron chi connectivity index (χ2n) is 6.19. The normalized spacial score (nSPS) is 13.5. The minimum absolute atomic E-state index is 1.05. The van der Waals surface area contributed by atoms with Crippen molar-refractivity contribution in [2.75, 3.05) is 28.4 Å². The lowest BCUT2D eigenvalue weighted by Crippen LogP contribution is -2.45. The van der Waals surface area contributed by atoms with Gasteiger partial charge in [-0.3, -0.25) is 0 Å². The molecule has 26 heavy (non-hydrogen) atoms. The summed E-state index contributed by atoms with van der Waals surface area (Å²) in [6, 6.07) is 20.4. The maximum atomic E-state index is 5.96. The van der Waals surface area contributed by atoms with Gasteiger partial charge in [-0.25, -0.2) is 0 Å². The van der Waals surface area contributed by atoms with Crippen LogP contribution in [0.3, 0.4) is 0 Å². The molecule has 0 N–H and O–H groups in total. The SMILES string of the molecule is CO[Si](C)(OC)C(=C(c1ccccc1)[Si](C)(OC)OC)c1ccccc1. The molecule has 0 atom stereocenters. The van der Waals surface area contributed by atoms with E-state index in [0.717, 1.165) is 21.5 Å². The fourth-order valence-electron chi connectivity index (χ4n) is 3.05. The molecule has 4 nitrogen and oxygen atoms in total. The van der Waals surface area contributed by atoms with Crippen molar-refractivity contribution < 1.29 is 17.7 Å². The predicted molar refractivity (Wildman–Crippen MR) is 111 cm³/mol. The molecule has 2 rings (SSSR count). The van der Waals surface area contributed by atoms with Crippen molar-refractivity contribution in [1.29, 1.82) is 0 Å². The Labute approximate surface area is 158 Å². The first kappa shape index (κ1) is 20.8. The van der Waals surface area contributed by atoms with Crippen molar-refractivity contribution >= 4 is 27.5 Å². The van der Waals surface area contributed by atoms with E-state index in [4.69, 9.17) is 17.7 Å². The average molecular weight is 389 g/mol. The zero-order valence-electron chi connectivity index (χ0n) is 16.4. The van der Waals surface area contributed by atoms with Crippen LogP contribution in [0.1, 0.15) is 11.1 Å². The molecular weight excluding hydrogens is 360 g/mol. The Morgan fingerprint density at radius 1 is 0.538 bits per heavy atom. The van der Waals surface area contributed by atoms with Crippen LogP contribution in [0.2, 0.25) is 13.1 Å². The summed E-state index contributed by atoms with van der Waals surface area (Å²) < 4.78 is 23.8. The van der Waals surface area contributed by atoms with Crippen LogP contribution in [0.15, 0.2) is 60.7 Å². The molecule has 0 radical (unpaired) electrons. The van der Waals surface area contributed by atoms with Crippen molar-refractivity contribution in [2.24, 2.45) is 0 Å². The molecule has 0 heterocycles. The Kier molecular flexibility index (Phi) is 7.11. The monoisotopic (exact) mass is 388 g/mol. The number of benzene rings is 2. The summed E-state index contributed by atoms with van der Waals surface area (Å²) in [5, 5.41) is 2.10. The fourth-order valence-corrected chi connectivity index (χ4v) is 8.14. The zero-order valence-corrected chi connectivity index (χ0v) is 18.4. The van der Waals surface area contributed by atoms with Crippen LogP contribution in [0.5, 0.6) is 0 Å². The van der Waals surface area contributed by atoms with Gasteiger partial charge in [0.1, 0.15) is 0 Å². The van der Waals surface area contributed by atoms with E-state index in [1.54, 1.807) is 28.4 Å². The van der Waals surface area contributed by atoms with Gasteiger partial charge in [-0.1, -0.05) is 60.7 Å². The van der Waals surface area contributed by atoms with Crippen molar-refractivity contribution in [3.8, 4) is 0 Å². The molecule has 0 saturated heterocycles. The standard InChI is InChI=1S/C20H28O4Si2/c1-21-25(5,22-2)19(17-13-9-7-10-14-17)20(26(6,23-3)24-4)18-15-11-8-12-16-18/h7-16H,1-6H3. The van der Waals surface area contributed by atoms with Crippen LogP contribution in [0.4, 0.5) is 0 Å². The van der Waals surface area contributed by atoms with E-state index in [1.807, 2.05) is 36.4 Å². The van der Waals surface area contributed by atoms with E-state index >= 15 is 0 Å². The van der Waals surface area contributed by atoms with Crippen molar-refractivity contribution in [3.63, 3.8) is 0 Å². The molecule has 2 aromatic rings. The van der Waals surface area contributed by atoms with Crippen LogP contribution >= 0.6 is 0 Å². The summed E-state index contributed by atoms with van der Waals surface area (Å²) in [4.78, 5) is 0. The summed E-state index contributed by atoms with van der Waals surface area (Å²) in [5.74, 6) is 0. The summed E-state index contributed by atoms with van der Waals surface area (Å²) >= 11 is 0. The Balaban J connectivity index is 2.96. The summed E-state index contributed by atoms with van der Waals surface area (Å²) in [7, 11) is 1.43.